The summed E-state index contributed by atoms with van der Waals surface area (Å²) in [5.41, 5.74) is 5.46. The fourth-order valence-electron chi connectivity index (χ4n) is 4.30. The molecule has 0 spiro atoms. The van der Waals surface area contributed by atoms with Crippen molar-refractivity contribution in [1.29, 1.82) is 0 Å². The topological polar surface area (TPSA) is 49.9 Å². The van der Waals surface area contributed by atoms with Crippen molar-refractivity contribution in [3.05, 3.63) is 88.5 Å². The molecule has 0 aromatic heterocycles. The Kier molecular flexibility index (Phi) is 5.96. The number of morpholine rings is 1. The van der Waals surface area contributed by atoms with E-state index in [9.17, 15) is 9.59 Å². The molecule has 2 amide bonds. The van der Waals surface area contributed by atoms with Gasteiger partial charge in [0.1, 0.15) is 0 Å². The van der Waals surface area contributed by atoms with Gasteiger partial charge in [0, 0.05) is 28.4 Å². The van der Waals surface area contributed by atoms with Crippen LogP contribution in [0.5, 0.6) is 0 Å². The summed E-state index contributed by atoms with van der Waals surface area (Å²) in [4.78, 5) is 32.5. The number of nitrogens with zero attached hydrogens (tertiary/aromatic N) is 2. The number of anilines is 1. The van der Waals surface area contributed by atoms with E-state index in [2.05, 4.69) is 32.0 Å². The Hall–Kier alpha value is -3.09. The lowest BCUT2D eigenvalue weighted by Gasteiger charge is -2.28. The standard InChI is InChI=1S/C27H26N2O3S/c1-18-7-8-19(2)21(15-18)17-29-23-16-20(26(30)28-11-13-32-14-12-28)9-10-25(23)33-24-6-4-3-5-22(24)27(29)31/h3-10,15-16H,11-14,17H2,1-2H3. The highest BCUT2D eigenvalue weighted by Gasteiger charge is 2.29. The van der Waals surface area contributed by atoms with Crippen LogP contribution in [0.1, 0.15) is 37.4 Å². The van der Waals surface area contributed by atoms with Crippen molar-refractivity contribution in [1.82, 2.24) is 4.90 Å². The molecule has 168 valence electrons. The number of ether oxygens (including phenoxy) is 1. The van der Waals surface area contributed by atoms with Crippen molar-refractivity contribution in [3.8, 4) is 0 Å². The Morgan fingerprint density at radius 3 is 2.58 bits per heavy atom. The number of amides is 2. The smallest absolute Gasteiger partial charge is 0.259 e. The van der Waals surface area contributed by atoms with E-state index in [4.69, 9.17) is 4.74 Å². The van der Waals surface area contributed by atoms with E-state index in [1.807, 2.05) is 52.3 Å². The predicted octanol–water partition coefficient (Wildman–Crippen LogP) is 5.09. The summed E-state index contributed by atoms with van der Waals surface area (Å²) < 4.78 is 5.40. The number of carbonyl (C=O) groups is 2. The molecule has 6 heteroatoms. The van der Waals surface area contributed by atoms with Crippen LogP contribution < -0.4 is 4.90 Å². The Labute approximate surface area is 198 Å². The molecule has 3 aromatic rings. The molecule has 0 N–H and O–H groups in total. The molecule has 5 rings (SSSR count). The molecule has 0 saturated carbocycles. The van der Waals surface area contributed by atoms with Gasteiger partial charge in [-0.1, -0.05) is 47.7 Å². The average Bonchev–Trinajstić information content (AvgIpc) is 2.95. The van der Waals surface area contributed by atoms with Crippen LogP contribution in [0.2, 0.25) is 0 Å². The van der Waals surface area contributed by atoms with E-state index in [1.165, 1.54) is 0 Å². The summed E-state index contributed by atoms with van der Waals surface area (Å²) in [6, 6.07) is 19.8. The third-order valence-electron chi connectivity index (χ3n) is 6.21. The number of hydrogen-bond donors (Lipinski definition) is 0. The molecule has 0 aliphatic carbocycles. The molecule has 0 bridgehead atoms. The lowest BCUT2D eigenvalue weighted by atomic mass is 10.0. The van der Waals surface area contributed by atoms with Gasteiger partial charge in [0.25, 0.3) is 11.8 Å². The van der Waals surface area contributed by atoms with Gasteiger partial charge in [0.2, 0.25) is 0 Å². The van der Waals surface area contributed by atoms with Crippen LogP contribution in [0.4, 0.5) is 5.69 Å². The van der Waals surface area contributed by atoms with E-state index >= 15 is 0 Å². The first kappa shape index (κ1) is 21.7. The van der Waals surface area contributed by atoms with Crippen molar-refractivity contribution < 1.29 is 14.3 Å². The van der Waals surface area contributed by atoms with Gasteiger partial charge in [-0.05, 0) is 55.3 Å². The number of benzene rings is 3. The Morgan fingerprint density at radius 2 is 1.76 bits per heavy atom. The SMILES string of the molecule is Cc1ccc(C)c(CN2C(=O)c3ccccc3Sc3ccc(C(=O)N4CCOCC4)cc32)c1. The quantitative estimate of drug-likeness (QED) is 0.549. The minimum Gasteiger partial charge on any atom is -0.378 e. The van der Waals surface area contributed by atoms with E-state index in [1.54, 1.807) is 11.8 Å². The van der Waals surface area contributed by atoms with Crippen molar-refractivity contribution in [2.24, 2.45) is 0 Å². The molecule has 1 fully saturated rings. The first-order chi connectivity index (χ1) is 16.0. The van der Waals surface area contributed by atoms with E-state index < -0.39 is 0 Å². The third kappa shape index (κ3) is 4.28. The Morgan fingerprint density at radius 1 is 0.970 bits per heavy atom. The second kappa shape index (κ2) is 9.04. The van der Waals surface area contributed by atoms with Gasteiger partial charge in [-0.25, -0.2) is 0 Å². The number of fused-ring (bicyclic) bond motifs is 2. The molecular formula is C27H26N2O3S. The minimum atomic E-state index is -0.0475. The zero-order chi connectivity index (χ0) is 22.9. The summed E-state index contributed by atoms with van der Waals surface area (Å²) in [6.07, 6.45) is 0. The zero-order valence-corrected chi connectivity index (χ0v) is 19.7. The highest BCUT2D eigenvalue weighted by molar-refractivity contribution is 7.99. The molecule has 0 unspecified atom stereocenters. The molecule has 0 atom stereocenters. The van der Waals surface area contributed by atoms with Crippen LogP contribution in [0.3, 0.4) is 0 Å². The molecule has 2 aliphatic heterocycles. The number of carbonyl (C=O) groups excluding carboxylic acids is 2. The second-order valence-corrected chi connectivity index (χ2v) is 9.59. The van der Waals surface area contributed by atoms with Gasteiger partial charge in [-0.3, -0.25) is 9.59 Å². The summed E-state index contributed by atoms with van der Waals surface area (Å²) in [5, 5.41) is 0. The fourth-order valence-corrected chi connectivity index (χ4v) is 5.36. The van der Waals surface area contributed by atoms with Crippen molar-refractivity contribution in [2.75, 3.05) is 31.2 Å². The summed E-state index contributed by atoms with van der Waals surface area (Å²) >= 11 is 1.58. The van der Waals surface area contributed by atoms with Gasteiger partial charge in [0.15, 0.2) is 0 Å². The van der Waals surface area contributed by atoms with Crippen molar-refractivity contribution in [3.63, 3.8) is 0 Å². The highest BCUT2D eigenvalue weighted by Crippen LogP contribution is 2.42. The van der Waals surface area contributed by atoms with Crippen molar-refractivity contribution >= 4 is 29.3 Å². The van der Waals surface area contributed by atoms with Crippen LogP contribution in [0, 0.1) is 13.8 Å². The number of aryl methyl sites for hydroxylation is 2. The van der Waals surface area contributed by atoms with Gasteiger partial charge in [-0.2, -0.15) is 0 Å². The second-order valence-electron chi connectivity index (χ2n) is 8.51. The molecule has 0 radical (unpaired) electrons. The van der Waals surface area contributed by atoms with E-state index in [0.717, 1.165) is 32.2 Å². The first-order valence-electron chi connectivity index (χ1n) is 11.2. The van der Waals surface area contributed by atoms with Crippen LogP contribution >= 0.6 is 11.8 Å². The van der Waals surface area contributed by atoms with E-state index in [0.29, 0.717) is 44.0 Å². The van der Waals surface area contributed by atoms with Crippen LogP contribution in [0.15, 0.2) is 70.5 Å². The number of hydrogen-bond acceptors (Lipinski definition) is 4. The lowest BCUT2D eigenvalue weighted by Crippen LogP contribution is -2.40. The average molecular weight is 459 g/mol. The molecule has 33 heavy (non-hydrogen) atoms. The maximum absolute atomic E-state index is 13.8. The maximum Gasteiger partial charge on any atom is 0.259 e. The zero-order valence-electron chi connectivity index (χ0n) is 18.8. The largest absolute Gasteiger partial charge is 0.378 e. The summed E-state index contributed by atoms with van der Waals surface area (Å²) in [6.45, 7) is 6.86. The van der Waals surface area contributed by atoms with Gasteiger partial charge < -0.3 is 14.5 Å². The molecule has 1 saturated heterocycles. The Balaban J connectivity index is 1.59. The fraction of sp³-hybridized carbons (Fsp3) is 0.259. The van der Waals surface area contributed by atoms with Gasteiger partial charge in [-0.15, -0.1) is 0 Å². The first-order valence-corrected chi connectivity index (χ1v) is 12.0. The third-order valence-corrected chi connectivity index (χ3v) is 7.35. The van der Waals surface area contributed by atoms with Crippen LogP contribution in [0.25, 0.3) is 0 Å². The van der Waals surface area contributed by atoms with Crippen molar-refractivity contribution in [2.45, 2.75) is 30.2 Å². The monoisotopic (exact) mass is 458 g/mol. The Bertz CT molecular complexity index is 1230. The summed E-state index contributed by atoms with van der Waals surface area (Å²) in [7, 11) is 0. The van der Waals surface area contributed by atoms with Gasteiger partial charge in [0.05, 0.1) is 31.0 Å². The molecule has 2 aliphatic rings. The summed E-state index contributed by atoms with van der Waals surface area (Å²) in [5.74, 6) is -0.0688. The normalized spacial score (nSPS) is 15.6. The molecular weight excluding hydrogens is 432 g/mol. The predicted molar refractivity (Wildman–Crippen MR) is 130 cm³/mol. The lowest BCUT2D eigenvalue weighted by molar-refractivity contribution is 0.0303. The number of rotatable bonds is 3. The van der Waals surface area contributed by atoms with Gasteiger partial charge >= 0.3 is 0 Å². The van der Waals surface area contributed by atoms with E-state index in [-0.39, 0.29) is 11.8 Å². The molecule has 2 heterocycles. The van der Waals surface area contributed by atoms with Crippen LogP contribution in [-0.2, 0) is 11.3 Å². The molecule has 3 aromatic carbocycles. The molecule has 5 nitrogen and oxygen atoms in total. The minimum absolute atomic E-state index is 0.0213. The highest BCUT2D eigenvalue weighted by atomic mass is 32.2. The van der Waals surface area contributed by atoms with Crippen LogP contribution in [-0.4, -0.2) is 43.0 Å². The maximum atomic E-state index is 13.8.